The summed E-state index contributed by atoms with van der Waals surface area (Å²) in [5.74, 6) is -0.265. The number of likely N-dealkylation sites (tertiary alicyclic amines) is 1. The Hall–Kier alpha value is -1.52. The van der Waals surface area contributed by atoms with Crippen molar-refractivity contribution < 1.29 is 9.90 Å². The predicted molar refractivity (Wildman–Crippen MR) is 105 cm³/mol. The number of rotatable bonds is 6. The van der Waals surface area contributed by atoms with Crippen LogP contribution in [0.2, 0.25) is 0 Å². The van der Waals surface area contributed by atoms with Crippen LogP contribution in [-0.2, 0) is 0 Å². The molecule has 0 radical (unpaired) electrons. The largest absolute Gasteiger partial charge is 0.478 e. The highest BCUT2D eigenvalue weighted by Crippen LogP contribution is 2.32. The van der Waals surface area contributed by atoms with Crippen molar-refractivity contribution in [1.29, 1.82) is 0 Å². The van der Waals surface area contributed by atoms with E-state index in [4.69, 9.17) is 0 Å². The van der Waals surface area contributed by atoms with Gasteiger partial charge in [0.25, 0.3) is 0 Å². The van der Waals surface area contributed by atoms with Crippen molar-refractivity contribution in [2.45, 2.75) is 45.6 Å². The molecule has 25 heavy (non-hydrogen) atoms. The van der Waals surface area contributed by atoms with Crippen LogP contribution in [0.4, 0.5) is 0 Å². The molecule has 0 saturated carbocycles. The minimum absolute atomic E-state index is 0. The molecule has 5 heteroatoms. The van der Waals surface area contributed by atoms with Gasteiger partial charge in [0.15, 0.2) is 0 Å². The third-order valence-corrected chi connectivity index (χ3v) is 5.46. The highest BCUT2D eigenvalue weighted by molar-refractivity contribution is 6.03. The molecule has 138 valence electrons. The normalized spacial score (nSPS) is 19.5. The van der Waals surface area contributed by atoms with Gasteiger partial charge in [0.2, 0.25) is 0 Å². The number of aromatic nitrogens is 1. The number of para-hydroxylation sites is 1. The number of halogens is 1. The number of hydrogen-bond donors (Lipinski definition) is 1. The van der Waals surface area contributed by atoms with Crippen molar-refractivity contribution in [3.8, 4) is 0 Å². The summed E-state index contributed by atoms with van der Waals surface area (Å²) in [6.07, 6.45) is 6.79. The maximum absolute atomic E-state index is 11.6. The Morgan fingerprint density at radius 2 is 2.12 bits per heavy atom. The van der Waals surface area contributed by atoms with Crippen LogP contribution in [0.3, 0.4) is 0 Å². The smallest absolute Gasteiger partial charge is 0.337 e. The van der Waals surface area contributed by atoms with E-state index in [9.17, 15) is 9.90 Å². The van der Waals surface area contributed by atoms with Gasteiger partial charge in [0, 0.05) is 29.7 Å². The number of hydrogen-bond acceptors (Lipinski definition) is 2. The van der Waals surface area contributed by atoms with Crippen molar-refractivity contribution in [3.63, 3.8) is 0 Å². The van der Waals surface area contributed by atoms with E-state index in [0.29, 0.717) is 17.5 Å². The summed E-state index contributed by atoms with van der Waals surface area (Å²) in [5, 5.41) is 10.3. The summed E-state index contributed by atoms with van der Waals surface area (Å²) in [7, 11) is 0. The van der Waals surface area contributed by atoms with Crippen molar-refractivity contribution in [2.75, 3.05) is 19.6 Å². The maximum atomic E-state index is 11.6. The number of nitrogens with zero attached hydrogens (tertiary/aromatic N) is 2. The number of benzene rings is 1. The van der Waals surface area contributed by atoms with Crippen LogP contribution in [0, 0.1) is 5.92 Å². The number of piperidine rings is 1. The van der Waals surface area contributed by atoms with Crippen molar-refractivity contribution in [1.82, 2.24) is 9.47 Å². The average molecular weight is 365 g/mol. The summed E-state index contributed by atoms with van der Waals surface area (Å²) in [6, 6.07) is 8.17. The number of carboxylic acid groups (broad SMARTS) is 1. The Morgan fingerprint density at radius 3 is 2.84 bits per heavy atom. The summed E-state index contributed by atoms with van der Waals surface area (Å²) in [4.78, 5) is 14.2. The topological polar surface area (TPSA) is 45.5 Å². The standard InChI is InChI=1S/C20H28N2O2.ClH/c1-3-4-11-21-12-7-8-16(13-21)15(2)22-14-18(20(23)24)17-9-5-6-10-19(17)22;/h5-6,9-10,14-16H,3-4,7-8,11-13H2,1-2H3,(H,23,24);1H. The Morgan fingerprint density at radius 1 is 1.36 bits per heavy atom. The summed E-state index contributed by atoms with van der Waals surface area (Å²) >= 11 is 0. The molecule has 0 spiro atoms. The quantitative estimate of drug-likeness (QED) is 0.798. The van der Waals surface area contributed by atoms with Crippen LogP contribution in [0.1, 0.15) is 55.9 Å². The number of carboxylic acids is 1. The molecule has 0 aliphatic carbocycles. The lowest BCUT2D eigenvalue weighted by molar-refractivity contribution is 0.0698. The van der Waals surface area contributed by atoms with Gasteiger partial charge in [-0.25, -0.2) is 4.79 Å². The molecule has 3 rings (SSSR count). The first-order valence-electron chi connectivity index (χ1n) is 9.17. The molecule has 2 unspecified atom stereocenters. The molecule has 0 bridgehead atoms. The fourth-order valence-electron chi connectivity index (χ4n) is 4.01. The third-order valence-electron chi connectivity index (χ3n) is 5.46. The number of fused-ring (bicyclic) bond motifs is 1. The Balaban J connectivity index is 0.00000225. The molecule has 2 atom stereocenters. The van der Waals surface area contributed by atoms with Gasteiger partial charge in [-0.2, -0.15) is 0 Å². The minimum atomic E-state index is -0.842. The number of aromatic carboxylic acids is 1. The lowest BCUT2D eigenvalue weighted by atomic mass is 9.91. The number of unbranched alkanes of at least 4 members (excludes halogenated alkanes) is 1. The third kappa shape index (κ3) is 4.18. The van der Waals surface area contributed by atoms with Crippen molar-refractivity contribution in [2.24, 2.45) is 5.92 Å². The second-order valence-electron chi connectivity index (χ2n) is 7.07. The van der Waals surface area contributed by atoms with E-state index in [2.05, 4.69) is 23.3 Å². The molecule has 1 aliphatic heterocycles. The van der Waals surface area contributed by atoms with E-state index < -0.39 is 5.97 Å². The van der Waals surface area contributed by atoms with Gasteiger partial charge in [0.1, 0.15) is 0 Å². The monoisotopic (exact) mass is 364 g/mol. The second kappa shape index (κ2) is 8.72. The zero-order chi connectivity index (χ0) is 17.1. The molecule has 2 aromatic rings. The van der Waals surface area contributed by atoms with Gasteiger partial charge in [0.05, 0.1) is 5.56 Å². The van der Waals surface area contributed by atoms with E-state index in [1.165, 1.54) is 38.8 Å². The summed E-state index contributed by atoms with van der Waals surface area (Å²) in [5.41, 5.74) is 1.45. The van der Waals surface area contributed by atoms with E-state index in [1.807, 2.05) is 30.5 Å². The first-order chi connectivity index (χ1) is 11.6. The predicted octanol–water partition coefficient (Wildman–Crippen LogP) is 4.83. The zero-order valence-electron chi connectivity index (χ0n) is 15.1. The van der Waals surface area contributed by atoms with Gasteiger partial charge in [-0.3, -0.25) is 0 Å². The van der Waals surface area contributed by atoms with Gasteiger partial charge in [-0.15, -0.1) is 12.4 Å². The molecule has 0 amide bonds. The van der Waals surface area contributed by atoms with E-state index in [0.717, 1.165) is 17.4 Å². The van der Waals surface area contributed by atoms with E-state index in [-0.39, 0.29) is 12.4 Å². The zero-order valence-corrected chi connectivity index (χ0v) is 16.0. The lowest BCUT2D eigenvalue weighted by Gasteiger charge is -2.36. The van der Waals surface area contributed by atoms with Crippen LogP contribution in [0.15, 0.2) is 30.5 Å². The first-order valence-corrected chi connectivity index (χ1v) is 9.17. The average Bonchev–Trinajstić information content (AvgIpc) is 2.99. The Labute approximate surface area is 156 Å². The maximum Gasteiger partial charge on any atom is 0.337 e. The molecule has 1 aromatic carbocycles. The van der Waals surface area contributed by atoms with E-state index >= 15 is 0 Å². The van der Waals surface area contributed by atoms with Gasteiger partial charge >= 0.3 is 5.97 Å². The lowest BCUT2D eigenvalue weighted by Crippen LogP contribution is -2.38. The van der Waals surface area contributed by atoms with Gasteiger partial charge in [-0.05, 0) is 51.3 Å². The van der Waals surface area contributed by atoms with Gasteiger partial charge < -0.3 is 14.6 Å². The molecule has 1 N–H and O–H groups in total. The molecular weight excluding hydrogens is 336 g/mol. The second-order valence-corrected chi connectivity index (χ2v) is 7.07. The van der Waals surface area contributed by atoms with Crippen LogP contribution in [0.25, 0.3) is 10.9 Å². The van der Waals surface area contributed by atoms with Crippen LogP contribution in [0.5, 0.6) is 0 Å². The minimum Gasteiger partial charge on any atom is -0.478 e. The molecule has 1 saturated heterocycles. The summed E-state index contributed by atoms with van der Waals surface area (Å²) in [6.45, 7) is 7.99. The fraction of sp³-hybridized carbons (Fsp3) is 0.550. The molecule has 1 fully saturated rings. The molecule has 1 aromatic heterocycles. The Kier molecular flexibility index (Phi) is 6.91. The SMILES string of the molecule is CCCCN1CCCC(C(C)n2cc(C(=O)O)c3ccccc32)C1.Cl. The van der Waals surface area contributed by atoms with Crippen LogP contribution in [-0.4, -0.2) is 40.2 Å². The number of carbonyl (C=O) groups is 1. The van der Waals surface area contributed by atoms with Crippen LogP contribution >= 0.6 is 12.4 Å². The van der Waals surface area contributed by atoms with Crippen molar-refractivity contribution in [3.05, 3.63) is 36.0 Å². The highest BCUT2D eigenvalue weighted by atomic mass is 35.5. The highest BCUT2D eigenvalue weighted by Gasteiger charge is 2.27. The molecular formula is C20H29ClN2O2. The molecule has 4 nitrogen and oxygen atoms in total. The summed E-state index contributed by atoms with van der Waals surface area (Å²) < 4.78 is 2.19. The van der Waals surface area contributed by atoms with Gasteiger partial charge in [-0.1, -0.05) is 31.5 Å². The first kappa shape index (κ1) is 19.8. The molecule has 1 aliphatic rings. The van der Waals surface area contributed by atoms with E-state index in [1.54, 1.807) is 0 Å². The Bertz CT molecular complexity index is 713. The van der Waals surface area contributed by atoms with Crippen LogP contribution < -0.4 is 0 Å². The molecule has 2 heterocycles. The van der Waals surface area contributed by atoms with Crippen molar-refractivity contribution >= 4 is 29.3 Å². The fourth-order valence-corrected chi connectivity index (χ4v) is 4.01.